The molecule has 1 aliphatic heterocycles. The van der Waals surface area contributed by atoms with E-state index < -0.39 is 0 Å². The average Bonchev–Trinajstić information content (AvgIpc) is 2.63. The van der Waals surface area contributed by atoms with Gasteiger partial charge >= 0.3 is 6.09 Å². The highest BCUT2D eigenvalue weighted by Gasteiger charge is 2.39. The Kier molecular flexibility index (Phi) is 4.09. The van der Waals surface area contributed by atoms with Crippen LogP contribution in [0.3, 0.4) is 0 Å². The summed E-state index contributed by atoms with van der Waals surface area (Å²) in [6.45, 7) is 8.50. The van der Waals surface area contributed by atoms with E-state index in [0.29, 0.717) is 5.88 Å². The van der Waals surface area contributed by atoms with Gasteiger partial charge in [-0.25, -0.2) is 4.79 Å². The molecule has 104 valence electrons. The van der Waals surface area contributed by atoms with Crippen molar-refractivity contribution in [3.05, 3.63) is 35.9 Å². The lowest BCUT2D eigenvalue weighted by atomic mass is 10.0. The number of rotatable bonds is 3. The summed E-state index contributed by atoms with van der Waals surface area (Å²) in [6.07, 6.45) is -0.368. The number of hydrogen-bond donors (Lipinski definition) is 0. The van der Waals surface area contributed by atoms with Crippen LogP contribution in [0.2, 0.25) is 0 Å². The van der Waals surface area contributed by atoms with Crippen molar-refractivity contribution in [2.45, 2.75) is 44.6 Å². The minimum atomic E-state index is -0.210. The van der Waals surface area contributed by atoms with Gasteiger partial charge in [0.1, 0.15) is 6.10 Å². The minimum Gasteiger partial charge on any atom is -0.439 e. The van der Waals surface area contributed by atoms with Crippen LogP contribution in [-0.2, 0) is 4.74 Å². The smallest absolute Gasteiger partial charge is 0.411 e. The van der Waals surface area contributed by atoms with Crippen molar-refractivity contribution in [3.63, 3.8) is 0 Å². The molecule has 1 saturated heterocycles. The predicted molar refractivity (Wildman–Crippen MR) is 79.2 cm³/mol. The quantitative estimate of drug-likeness (QED) is 0.835. The van der Waals surface area contributed by atoms with Crippen molar-refractivity contribution < 1.29 is 9.53 Å². The van der Waals surface area contributed by atoms with E-state index in [1.54, 1.807) is 11.8 Å². The molecule has 0 aliphatic carbocycles. The first kappa shape index (κ1) is 14.3. The number of amides is 1. The van der Waals surface area contributed by atoms with E-state index in [1.807, 2.05) is 42.2 Å². The van der Waals surface area contributed by atoms with E-state index in [1.165, 1.54) is 0 Å². The van der Waals surface area contributed by atoms with Crippen LogP contribution in [0, 0.1) is 0 Å². The summed E-state index contributed by atoms with van der Waals surface area (Å²) in [6, 6.07) is 10.0. The molecule has 0 N–H and O–H groups in total. The van der Waals surface area contributed by atoms with E-state index in [2.05, 4.69) is 20.8 Å². The number of hydrogen-bond acceptors (Lipinski definition) is 3. The van der Waals surface area contributed by atoms with Gasteiger partial charge in [0.05, 0.1) is 11.9 Å². The fourth-order valence-electron chi connectivity index (χ4n) is 2.03. The summed E-state index contributed by atoms with van der Waals surface area (Å²) >= 11 is 1.76. The molecule has 0 aromatic heterocycles. The van der Waals surface area contributed by atoms with Crippen LogP contribution in [0.25, 0.3) is 0 Å². The second-order valence-electron chi connectivity index (χ2n) is 5.81. The predicted octanol–water partition coefficient (Wildman–Crippen LogP) is 4.06. The molecule has 2 rings (SSSR count). The van der Waals surface area contributed by atoms with Crippen molar-refractivity contribution in [2.75, 3.05) is 5.88 Å². The van der Waals surface area contributed by atoms with Gasteiger partial charge in [0.2, 0.25) is 0 Å². The van der Waals surface area contributed by atoms with Gasteiger partial charge in [-0.3, -0.25) is 4.90 Å². The van der Waals surface area contributed by atoms with Crippen molar-refractivity contribution in [1.82, 2.24) is 4.90 Å². The normalized spacial score (nSPS) is 23.6. The highest BCUT2D eigenvalue weighted by atomic mass is 32.2. The lowest BCUT2D eigenvalue weighted by Crippen LogP contribution is -2.33. The van der Waals surface area contributed by atoms with Gasteiger partial charge in [-0.2, -0.15) is 0 Å². The number of thioether (sulfide) groups is 1. The highest BCUT2D eigenvalue weighted by Crippen LogP contribution is 2.35. The molecule has 3 nitrogen and oxygen atoms in total. The molecule has 0 unspecified atom stereocenters. The van der Waals surface area contributed by atoms with Crippen LogP contribution in [0.5, 0.6) is 0 Å². The molecule has 1 heterocycles. The molecular weight excluding hydrogens is 258 g/mol. The summed E-state index contributed by atoms with van der Waals surface area (Å²) in [7, 11) is 0. The van der Waals surface area contributed by atoms with Crippen LogP contribution >= 0.6 is 11.8 Å². The number of nitrogens with zero attached hydrogens (tertiary/aromatic N) is 1. The Balaban J connectivity index is 2.06. The fraction of sp³-hybridized carbons (Fsp3) is 0.533. The third-order valence-electron chi connectivity index (χ3n) is 3.16. The first-order chi connectivity index (χ1) is 8.88. The molecule has 0 radical (unpaired) electrons. The fourth-order valence-corrected chi connectivity index (χ4v) is 2.89. The van der Waals surface area contributed by atoms with E-state index in [4.69, 9.17) is 4.74 Å². The van der Waals surface area contributed by atoms with Gasteiger partial charge in [0.15, 0.2) is 0 Å². The Hall–Kier alpha value is -1.16. The molecular formula is C15H21NO2S. The summed E-state index contributed by atoms with van der Waals surface area (Å²) in [5, 5.41) is 0. The molecule has 0 spiro atoms. The zero-order valence-electron chi connectivity index (χ0n) is 11.9. The molecule has 1 fully saturated rings. The maximum absolute atomic E-state index is 12.0. The van der Waals surface area contributed by atoms with E-state index in [0.717, 1.165) is 5.56 Å². The summed E-state index contributed by atoms with van der Waals surface area (Å²) in [4.78, 5) is 13.8. The van der Waals surface area contributed by atoms with Gasteiger partial charge in [-0.1, -0.05) is 51.1 Å². The van der Waals surface area contributed by atoms with Crippen LogP contribution in [0.4, 0.5) is 4.79 Å². The van der Waals surface area contributed by atoms with Gasteiger partial charge in [-0.05, 0) is 12.5 Å². The molecule has 19 heavy (non-hydrogen) atoms. The van der Waals surface area contributed by atoms with Crippen molar-refractivity contribution in [1.29, 1.82) is 0 Å². The highest BCUT2D eigenvalue weighted by molar-refractivity contribution is 8.00. The third-order valence-corrected chi connectivity index (χ3v) is 4.43. The Morgan fingerprint density at radius 3 is 2.47 bits per heavy atom. The SMILES string of the molecule is C[C@@H]1[C@@H](c2ccccc2)OC(=O)N1CSC(C)(C)C. The lowest BCUT2D eigenvalue weighted by molar-refractivity contribution is 0.131. The van der Waals surface area contributed by atoms with E-state index in [9.17, 15) is 4.79 Å². The molecule has 1 amide bonds. The van der Waals surface area contributed by atoms with Crippen LogP contribution < -0.4 is 0 Å². The Bertz CT molecular complexity index is 441. The Morgan fingerprint density at radius 1 is 1.26 bits per heavy atom. The number of carbonyl (C=O) groups is 1. The molecule has 4 heteroatoms. The summed E-state index contributed by atoms with van der Waals surface area (Å²) in [5.74, 6) is 0.673. The number of carbonyl (C=O) groups excluding carboxylic acids is 1. The number of benzene rings is 1. The van der Waals surface area contributed by atoms with Crippen molar-refractivity contribution in [3.8, 4) is 0 Å². The first-order valence-corrected chi connectivity index (χ1v) is 7.53. The van der Waals surface area contributed by atoms with Crippen LogP contribution in [0.1, 0.15) is 39.4 Å². The second kappa shape index (κ2) is 5.45. The monoisotopic (exact) mass is 279 g/mol. The molecule has 1 aliphatic rings. The average molecular weight is 279 g/mol. The van der Waals surface area contributed by atoms with Gasteiger partial charge < -0.3 is 4.74 Å². The summed E-state index contributed by atoms with van der Waals surface area (Å²) < 4.78 is 5.65. The number of cyclic esters (lactones) is 1. The molecule has 1 aromatic carbocycles. The van der Waals surface area contributed by atoms with Crippen molar-refractivity contribution >= 4 is 17.9 Å². The minimum absolute atomic E-state index is 0.0738. The zero-order valence-corrected chi connectivity index (χ0v) is 12.7. The standard InChI is InChI=1S/C15H21NO2S/c1-11-13(12-8-6-5-7-9-12)18-14(17)16(11)10-19-15(2,3)4/h5-9,11,13H,10H2,1-4H3/t11-,13+/m1/s1. The van der Waals surface area contributed by atoms with E-state index >= 15 is 0 Å². The molecule has 2 atom stereocenters. The second-order valence-corrected chi connectivity index (χ2v) is 7.58. The maximum atomic E-state index is 12.0. The molecule has 0 bridgehead atoms. The summed E-state index contributed by atoms with van der Waals surface area (Å²) in [5.41, 5.74) is 1.06. The van der Waals surface area contributed by atoms with Gasteiger partial charge in [0.25, 0.3) is 0 Å². The molecule has 0 saturated carbocycles. The Labute approximate surface area is 119 Å². The van der Waals surface area contributed by atoms with Crippen LogP contribution in [0.15, 0.2) is 30.3 Å². The van der Waals surface area contributed by atoms with E-state index in [-0.39, 0.29) is 23.0 Å². The Morgan fingerprint density at radius 2 is 1.89 bits per heavy atom. The third kappa shape index (κ3) is 3.44. The molecule has 1 aromatic rings. The van der Waals surface area contributed by atoms with Gasteiger partial charge in [0, 0.05) is 4.75 Å². The maximum Gasteiger partial charge on any atom is 0.411 e. The zero-order chi connectivity index (χ0) is 14.0. The van der Waals surface area contributed by atoms with Crippen molar-refractivity contribution in [2.24, 2.45) is 0 Å². The lowest BCUT2D eigenvalue weighted by Gasteiger charge is -2.25. The first-order valence-electron chi connectivity index (χ1n) is 6.54. The van der Waals surface area contributed by atoms with Gasteiger partial charge in [-0.15, -0.1) is 11.8 Å². The number of ether oxygens (including phenoxy) is 1. The topological polar surface area (TPSA) is 29.5 Å². The largest absolute Gasteiger partial charge is 0.439 e. The van der Waals surface area contributed by atoms with Crippen LogP contribution in [-0.4, -0.2) is 27.7 Å².